The number of aliphatic hydroxyl groups excluding tert-OH is 1. The molecule has 1 aromatic carbocycles. The Bertz CT molecular complexity index is 1600. The summed E-state index contributed by atoms with van der Waals surface area (Å²) in [6, 6.07) is 9.64. The molecule has 4 N–H and O–H groups in total. The third kappa shape index (κ3) is 16.1. The first-order valence-corrected chi connectivity index (χ1v) is 18.7. The number of H-pyrrole nitrogens is 1. The van der Waals surface area contributed by atoms with Gasteiger partial charge < -0.3 is 19.7 Å². The van der Waals surface area contributed by atoms with Gasteiger partial charge in [0, 0.05) is 38.2 Å². The summed E-state index contributed by atoms with van der Waals surface area (Å²) in [4.78, 5) is 38.0. The first-order chi connectivity index (χ1) is 24.3. The standard InChI is InChI=1S/C37H51N4O8P/c1-2-3-4-5-6-7-8-9-10-11-12-13-14-15-16-17-21-24-34(43)38-26-27-39-50(46,49-31-22-19-18-20-23-31)47-30-33-32(42)29-36(48-33)41-28-25-35(44)40-37(41)45/h3-4,6-7,9-10,12-13,15-16,18-20,22-23,25,28,32-33,36,42H,2,5,8,11,14,17,21,24,26-27,29-30H2,1H3,(H,38,43)(H,39,46)(H,40,44,45)/b4-3-,7-6-,10-9-,13-12-,16-15-/t32-,33+,36+,50?/m0/s1. The number of rotatable bonds is 23. The molecular formula is C37H51N4O8P. The van der Waals surface area contributed by atoms with Crippen LogP contribution in [0.1, 0.15) is 70.9 Å². The molecule has 1 aromatic heterocycles. The van der Waals surface area contributed by atoms with Gasteiger partial charge >= 0.3 is 13.4 Å². The molecule has 1 aliphatic rings. The molecule has 1 amide bonds. The average molecular weight is 711 g/mol. The second-order valence-corrected chi connectivity index (χ2v) is 13.3. The van der Waals surface area contributed by atoms with Crippen LogP contribution in [0.4, 0.5) is 0 Å². The molecule has 0 bridgehead atoms. The van der Waals surface area contributed by atoms with Gasteiger partial charge in [-0.05, 0) is 57.1 Å². The van der Waals surface area contributed by atoms with Crippen LogP contribution in [0, 0.1) is 0 Å². The van der Waals surface area contributed by atoms with Crippen molar-refractivity contribution in [2.24, 2.45) is 0 Å². The smallest absolute Gasteiger partial charge is 0.413 e. The zero-order valence-electron chi connectivity index (χ0n) is 28.7. The Hall–Kier alpha value is -4.06. The summed E-state index contributed by atoms with van der Waals surface area (Å²) >= 11 is 0. The number of allylic oxidation sites excluding steroid dienone is 10. The van der Waals surface area contributed by atoms with Crippen molar-refractivity contribution in [1.82, 2.24) is 20.0 Å². The molecule has 50 heavy (non-hydrogen) atoms. The minimum atomic E-state index is -3.98. The van der Waals surface area contributed by atoms with E-state index >= 15 is 0 Å². The molecule has 2 aromatic rings. The number of aromatic nitrogens is 2. The summed E-state index contributed by atoms with van der Waals surface area (Å²) in [5.74, 6) is 0.179. The quantitative estimate of drug-likeness (QED) is 0.0615. The van der Waals surface area contributed by atoms with Crippen LogP contribution in [0.5, 0.6) is 5.75 Å². The van der Waals surface area contributed by atoms with Crippen LogP contribution in [0.25, 0.3) is 0 Å². The lowest BCUT2D eigenvalue weighted by Gasteiger charge is -2.22. The van der Waals surface area contributed by atoms with Crippen molar-refractivity contribution in [3.63, 3.8) is 0 Å². The number of nitrogens with zero attached hydrogens (tertiary/aromatic N) is 1. The average Bonchev–Trinajstić information content (AvgIpc) is 3.47. The van der Waals surface area contributed by atoms with Crippen LogP contribution in [-0.2, 0) is 18.6 Å². The lowest BCUT2D eigenvalue weighted by atomic mass is 10.2. The lowest BCUT2D eigenvalue weighted by Crippen LogP contribution is -2.33. The number of hydrogen-bond acceptors (Lipinski definition) is 8. The van der Waals surface area contributed by atoms with Crippen LogP contribution < -0.4 is 26.2 Å². The Balaban J connectivity index is 1.33. The van der Waals surface area contributed by atoms with Crippen LogP contribution in [0.2, 0.25) is 0 Å². The van der Waals surface area contributed by atoms with E-state index in [4.69, 9.17) is 13.8 Å². The number of hydrogen-bond donors (Lipinski definition) is 4. The van der Waals surface area contributed by atoms with E-state index in [1.54, 1.807) is 30.3 Å². The predicted octanol–water partition coefficient (Wildman–Crippen LogP) is 6.02. The molecule has 0 radical (unpaired) electrons. The van der Waals surface area contributed by atoms with Gasteiger partial charge in [0.2, 0.25) is 5.91 Å². The maximum Gasteiger partial charge on any atom is 0.458 e. The van der Waals surface area contributed by atoms with Gasteiger partial charge in [-0.3, -0.25) is 23.7 Å². The monoisotopic (exact) mass is 710 g/mol. The van der Waals surface area contributed by atoms with Crippen LogP contribution >= 0.6 is 7.75 Å². The Morgan fingerprint density at radius 1 is 0.960 bits per heavy atom. The van der Waals surface area contributed by atoms with Crippen molar-refractivity contribution in [2.45, 2.75) is 83.1 Å². The van der Waals surface area contributed by atoms with Crippen molar-refractivity contribution < 1.29 is 28.3 Å². The summed E-state index contributed by atoms with van der Waals surface area (Å²) in [5.41, 5.74) is -1.22. The van der Waals surface area contributed by atoms with Crippen molar-refractivity contribution in [2.75, 3.05) is 19.7 Å². The molecule has 0 aliphatic carbocycles. The zero-order valence-corrected chi connectivity index (χ0v) is 29.6. The summed E-state index contributed by atoms with van der Waals surface area (Å²) in [6.07, 6.45) is 26.7. The van der Waals surface area contributed by atoms with Crippen LogP contribution in [0.15, 0.2) is 113 Å². The van der Waals surface area contributed by atoms with E-state index in [1.165, 1.54) is 12.3 Å². The highest BCUT2D eigenvalue weighted by Crippen LogP contribution is 2.45. The number of benzene rings is 1. The normalized spacial score (nSPS) is 19.4. The Labute approximate surface area is 294 Å². The van der Waals surface area contributed by atoms with Gasteiger partial charge in [0.1, 0.15) is 18.1 Å². The first kappa shape index (κ1) is 40.4. The molecule has 13 heteroatoms. The van der Waals surface area contributed by atoms with Crippen molar-refractivity contribution in [1.29, 1.82) is 0 Å². The largest absolute Gasteiger partial charge is 0.458 e. The highest BCUT2D eigenvalue weighted by molar-refractivity contribution is 7.52. The Morgan fingerprint density at radius 2 is 1.60 bits per heavy atom. The number of nitrogens with one attached hydrogen (secondary N) is 3. The van der Waals surface area contributed by atoms with Gasteiger partial charge in [-0.1, -0.05) is 85.9 Å². The summed E-state index contributed by atoms with van der Waals surface area (Å²) in [5, 5.41) is 16.1. The highest BCUT2D eigenvalue weighted by atomic mass is 31.2. The van der Waals surface area contributed by atoms with Crippen LogP contribution in [-0.4, -0.2) is 52.5 Å². The fourth-order valence-electron chi connectivity index (χ4n) is 4.82. The van der Waals surface area contributed by atoms with Crippen molar-refractivity contribution in [3.8, 4) is 5.75 Å². The predicted molar refractivity (Wildman–Crippen MR) is 196 cm³/mol. The van der Waals surface area contributed by atoms with E-state index in [9.17, 15) is 24.1 Å². The molecule has 2 heterocycles. The van der Waals surface area contributed by atoms with E-state index in [-0.39, 0.29) is 32.0 Å². The van der Waals surface area contributed by atoms with E-state index in [0.29, 0.717) is 18.6 Å². The topological polar surface area (TPSA) is 161 Å². The third-order valence-electron chi connectivity index (χ3n) is 7.43. The fraction of sp³-hybridized carbons (Fsp3) is 0.432. The van der Waals surface area contributed by atoms with Gasteiger partial charge in [0.25, 0.3) is 5.56 Å². The highest BCUT2D eigenvalue weighted by Gasteiger charge is 2.38. The number of para-hydroxylation sites is 1. The molecule has 1 unspecified atom stereocenters. The summed E-state index contributed by atoms with van der Waals surface area (Å²) in [7, 11) is -3.98. The Kier molecular flexibility index (Phi) is 18.9. The van der Waals surface area contributed by atoms with Gasteiger partial charge in [-0.2, -0.15) is 0 Å². The van der Waals surface area contributed by atoms with E-state index < -0.39 is 37.4 Å². The molecule has 0 saturated carbocycles. The van der Waals surface area contributed by atoms with Gasteiger partial charge in [0.15, 0.2) is 0 Å². The number of aliphatic hydroxyl groups is 1. The third-order valence-corrected chi connectivity index (χ3v) is 8.98. The van der Waals surface area contributed by atoms with E-state index in [0.717, 1.165) is 43.1 Å². The van der Waals surface area contributed by atoms with Gasteiger partial charge in [-0.25, -0.2) is 14.4 Å². The maximum atomic E-state index is 13.7. The summed E-state index contributed by atoms with van der Waals surface area (Å²) < 4.78 is 31.9. The zero-order chi connectivity index (χ0) is 35.9. The second kappa shape index (κ2) is 23.4. The van der Waals surface area contributed by atoms with E-state index in [1.807, 2.05) is 0 Å². The number of unbranched alkanes of at least 4 members (excludes halogenated alkanes) is 1. The molecule has 1 saturated heterocycles. The molecule has 3 rings (SSSR count). The molecule has 12 nitrogen and oxygen atoms in total. The number of carbonyl (C=O) groups is 1. The van der Waals surface area contributed by atoms with E-state index in [2.05, 4.69) is 83.1 Å². The maximum absolute atomic E-state index is 13.7. The molecule has 1 aliphatic heterocycles. The number of carbonyl (C=O) groups excluding carboxylic acids is 1. The number of amides is 1. The first-order valence-electron chi connectivity index (χ1n) is 17.2. The Morgan fingerprint density at radius 3 is 2.24 bits per heavy atom. The minimum Gasteiger partial charge on any atom is -0.413 e. The summed E-state index contributed by atoms with van der Waals surface area (Å²) in [6.45, 7) is 2.10. The lowest BCUT2D eigenvalue weighted by molar-refractivity contribution is -0.121. The van der Waals surface area contributed by atoms with Crippen molar-refractivity contribution in [3.05, 3.63) is 124 Å². The van der Waals surface area contributed by atoms with Crippen molar-refractivity contribution >= 4 is 13.7 Å². The minimum absolute atomic E-state index is 0.0599. The molecule has 0 spiro atoms. The number of aromatic amines is 1. The SMILES string of the molecule is CC/C=C\C/C=C\C/C=C\C/C=C\C/C=C\CCCC(=O)NCCNP(=O)(OC[C@H]1O[C@@H](n2ccc(=O)[nH]c2=O)C[C@@H]1O)Oc1ccccc1. The molecule has 4 atom stereocenters. The van der Waals surface area contributed by atoms with Gasteiger partial charge in [-0.15, -0.1) is 0 Å². The molecular weight excluding hydrogens is 659 g/mol. The second-order valence-electron chi connectivity index (χ2n) is 11.5. The number of ether oxygens (including phenoxy) is 1. The fourth-order valence-corrected chi connectivity index (χ4v) is 6.15. The molecule has 1 fully saturated rings. The van der Waals surface area contributed by atoms with Gasteiger partial charge in [0.05, 0.1) is 12.7 Å². The molecule has 272 valence electrons. The van der Waals surface area contributed by atoms with Crippen LogP contribution in [0.3, 0.4) is 0 Å².